The van der Waals surface area contributed by atoms with Crippen LogP contribution in [0.25, 0.3) is 11.4 Å². The lowest BCUT2D eigenvalue weighted by Crippen LogP contribution is -2.09. The Morgan fingerprint density at radius 1 is 1.38 bits per heavy atom. The number of fused-ring (bicyclic) bond motifs is 1. The van der Waals surface area contributed by atoms with E-state index in [4.69, 9.17) is 0 Å². The molecule has 6 heteroatoms. The molecule has 0 radical (unpaired) electrons. The van der Waals surface area contributed by atoms with E-state index >= 15 is 0 Å². The summed E-state index contributed by atoms with van der Waals surface area (Å²) in [6.45, 7) is 0. The fourth-order valence-corrected chi connectivity index (χ4v) is 3.66. The van der Waals surface area contributed by atoms with Gasteiger partial charge in [0.15, 0.2) is 11.0 Å². The number of thioether (sulfide) groups is 1. The van der Waals surface area contributed by atoms with Gasteiger partial charge in [0.1, 0.15) is 0 Å². The average Bonchev–Trinajstić information content (AvgIpc) is 2.90. The van der Waals surface area contributed by atoms with E-state index in [1.165, 1.54) is 0 Å². The van der Waals surface area contributed by atoms with Crippen LogP contribution in [0.3, 0.4) is 0 Å². The van der Waals surface area contributed by atoms with Gasteiger partial charge in [-0.25, -0.2) is 0 Å². The maximum atomic E-state index is 4.25. The molecule has 0 amide bonds. The van der Waals surface area contributed by atoms with Gasteiger partial charge in [-0.15, -0.1) is 10.2 Å². The van der Waals surface area contributed by atoms with Gasteiger partial charge in [0, 0.05) is 29.0 Å². The summed E-state index contributed by atoms with van der Waals surface area (Å²) in [6, 6.07) is 4.37. The van der Waals surface area contributed by atoms with Gasteiger partial charge in [-0.3, -0.25) is 9.55 Å². The SMILES string of the molecule is BrC[C@@H]1CSc2nnc(-c3ccncc3)n21. The molecule has 1 atom stereocenters. The highest BCUT2D eigenvalue weighted by atomic mass is 79.9. The van der Waals surface area contributed by atoms with Crippen LogP contribution in [0.5, 0.6) is 0 Å². The van der Waals surface area contributed by atoms with Gasteiger partial charge >= 0.3 is 0 Å². The molecule has 3 rings (SSSR count). The molecule has 1 aliphatic rings. The second-order valence-corrected chi connectivity index (χ2v) is 5.17. The van der Waals surface area contributed by atoms with Crippen LogP contribution >= 0.6 is 27.7 Å². The van der Waals surface area contributed by atoms with Crippen molar-refractivity contribution in [2.75, 3.05) is 11.1 Å². The zero-order chi connectivity index (χ0) is 11.0. The molecule has 0 unspecified atom stereocenters. The molecule has 2 aromatic rings. The van der Waals surface area contributed by atoms with Gasteiger partial charge in [-0.1, -0.05) is 27.7 Å². The third kappa shape index (κ3) is 1.56. The molecule has 0 bridgehead atoms. The predicted molar refractivity (Wildman–Crippen MR) is 66.8 cm³/mol. The Kier molecular flexibility index (Phi) is 2.69. The molecular weight excluding hydrogens is 288 g/mol. The normalized spacial score (nSPS) is 18.7. The molecule has 0 spiro atoms. The van der Waals surface area contributed by atoms with Crippen LogP contribution in [-0.2, 0) is 0 Å². The highest BCUT2D eigenvalue weighted by Gasteiger charge is 2.27. The van der Waals surface area contributed by atoms with Crippen LogP contribution < -0.4 is 0 Å². The van der Waals surface area contributed by atoms with Crippen LogP contribution in [0.1, 0.15) is 6.04 Å². The summed E-state index contributed by atoms with van der Waals surface area (Å²) >= 11 is 5.30. The summed E-state index contributed by atoms with van der Waals surface area (Å²) in [5, 5.41) is 10.4. The molecule has 1 aliphatic heterocycles. The lowest BCUT2D eigenvalue weighted by molar-refractivity contribution is 0.600. The Hall–Kier alpha value is -0.880. The minimum Gasteiger partial charge on any atom is -0.297 e. The first-order valence-corrected chi connectivity index (χ1v) is 7.05. The molecule has 16 heavy (non-hydrogen) atoms. The van der Waals surface area contributed by atoms with Crippen LogP contribution in [0, 0.1) is 0 Å². The first-order chi connectivity index (χ1) is 7.90. The Balaban J connectivity index is 2.10. The highest BCUT2D eigenvalue weighted by Crippen LogP contribution is 2.36. The summed E-state index contributed by atoms with van der Waals surface area (Å²) in [4.78, 5) is 4.02. The van der Waals surface area contributed by atoms with Crippen molar-refractivity contribution in [2.24, 2.45) is 0 Å². The van der Waals surface area contributed by atoms with Gasteiger partial charge in [-0.2, -0.15) is 0 Å². The summed E-state index contributed by atoms with van der Waals surface area (Å²) in [5.41, 5.74) is 1.07. The van der Waals surface area contributed by atoms with E-state index in [2.05, 4.69) is 35.7 Å². The molecule has 3 heterocycles. The van der Waals surface area contributed by atoms with Crippen molar-refractivity contribution in [2.45, 2.75) is 11.2 Å². The molecule has 0 aliphatic carbocycles. The average molecular weight is 297 g/mol. The third-order valence-electron chi connectivity index (χ3n) is 2.55. The molecule has 2 aromatic heterocycles. The number of halogens is 1. The van der Waals surface area contributed by atoms with Crippen molar-refractivity contribution in [1.82, 2.24) is 19.7 Å². The number of hydrogen-bond donors (Lipinski definition) is 0. The fraction of sp³-hybridized carbons (Fsp3) is 0.300. The van der Waals surface area contributed by atoms with E-state index in [1.54, 1.807) is 24.2 Å². The van der Waals surface area contributed by atoms with Crippen molar-refractivity contribution in [3.8, 4) is 11.4 Å². The fourth-order valence-electron chi connectivity index (χ4n) is 1.76. The van der Waals surface area contributed by atoms with Gasteiger partial charge < -0.3 is 0 Å². The second kappa shape index (κ2) is 4.18. The molecule has 0 N–H and O–H groups in total. The summed E-state index contributed by atoms with van der Waals surface area (Å²) < 4.78 is 2.20. The summed E-state index contributed by atoms with van der Waals surface area (Å²) in [6.07, 6.45) is 3.56. The number of aromatic nitrogens is 4. The molecule has 82 valence electrons. The zero-order valence-electron chi connectivity index (χ0n) is 8.38. The Morgan fingerprint density at radius 2 is 2.19 bits per heavy atom. The highest BCUT2D eigenvalue weighted by molar-refractivity contribution is 9.09. The van der Waals surface area contributed by atoms with E-state index in [9.17, 15) is 0 Å². The standard InChI is InChI=1S/C10H9BrN4S/c11-5-8-6-16-10-14-13-9(15(8)10)7-1-3-12-4-2-7/h1-4,8H,5-6H2/t8-/m1/s1. The van der Waals surface area contributed by atoms with Crippen molar-refractivity contribution in [1.29, 1.82) is 0 Å². The van der Waals surface area contributed by atoms with E-state index in [0.717, 1.165) is 27.6 Å². The van der Waals surface area contributed by atoms with Crippen LogP contribution in [0.2, 0.25) is 0 Å². The molecule has 0 aromatic carbocycles. The van der Waals surface area contributed by atoms with Crippen molar-refractivity contribution < 1.29 is 0 Å². The van der Waals surface area contributed by atoms with Crippen molar-refractivity contribution in [3.63, 3.8) is 0 Å². The number of hydrogen-bond acceptors (Lipinski definition) is 4. The zero-order valence-corrected chi connectivity index (χ0v) is 10.8. The smallest absolute Gasteiger partial charge is 0.191 e. The lowest BCUT2D eigenvalue weighted by Gasteiger charge is -2.10. The topological polar surface area (TPSA) is 43.6 Å². The van der Waals surface area contributed by atoms with E-state index < -0.39 is 0 Å². The maximum Gasteiger partial charge on any atom is 0.191 e. The minimum atomic E-state index is 0.443. The number of alkyl halides is 1. The lowest BCUT2D eigenvalue weighted by atomic mass is 10.2. The monoisotopic (exact) mass is 296 g/mol. The molecule has 0 saturated carbocycles. The number of pyridine rings is 1. The quantitative estimate of drug-likeness (QED) is 0.798. The largest absolute Gasteiger partial charge is 0.297 e. The van der Waals surface area contributed by atoms with Crippen molar-refractivity contribution in [3.05, 3.63) is 24.5 Å². The first kappa shape index (κ1) is 10.3. The maximum absolute atomic E-state index is 4.25. The first-order valence-electron chi connectivity index (χ1n) is 4.94. The third-order valence-corrected chi connectivity index (χ3v) is 4.39. The Labute approximate surface area is 106 Å². The number of nitrogens with zero attached hydrogens (tertiary/aromatic N) is 4. The van der Waals surface area contributed by atoms with Crippen LogP contribution in [-0.4, -0.2) is 30.8 Å². The van der Waals surface area contributed by atoms with Crippen molar-refractivity contribution >= 4 is 27.7 Å². The predicted octanol–water partition coefficient (Wildman–Crippen LogP) is 2.38. The second-order valence-electron chi connectivity index (χ2n) is 3.53. The van der Waals surface area contributed by atoms with E-state index in [1.807, 2.05) is 12.1 Å². The molecular formula is C10H9BrN4S. The van der Waals surface area contributed by atoms with Gasteiger partial charge in [0.2, 0.25) is 0 Å². The minimum absolute atomic E-state index is 0.443. The van der Waals surface area contributed by atoms with Gasteiger partial charge in [0.05, 0.1) is 6.04 Å². The summed E-state index contributed by atoms with van der Waals surface area (Å²) in [7, 11) is 0. The van der Waals surface area contributed by atoms with E-state index in [0.29, 0.717) is 6.04 Å². The van der Waals surface area contributed by atoms with Crippen LogP contribution in [0.4, 0.5) is 0 Å². The number of rotatable bonds is 2. The molecule has 0 fully saturated rings. The van der Waals surface area contributed by atoms with Gasteiger partial charge in [-0.05, 0) is 12.1 Å². The Bertz CT molecular complexity index is 499. The van der Waals surface area contributed by atoms with E-state index in [-0.39, 0.29) is 0 Å². The molecule has 4 nitrogen and oxygen atoms in total. The Morgan fingerprint density at radius 3 is 2.94 bits per heavy atom. The van der Waals surface area contributed by atoms with Gasteiger partial charge in [0.25, 0.3) is 0 Å². The molecule has 0 saturated heterocycles. The summed E-state index contributed by atoms with van der Waals surface area (Å²) in [5.74, 6) is 2.00. The van der Waals surface area contributed by atoms with Crippen LogP contribution in [0.15, 0.2) is 29.7 Å².